The highest BCUT2D eigenvalue weighted by Gasteiger charge is 2.16. The minimum absolute atomic E-state index is 0.0491. The number of rotatable bonds is 4. The van der Waals surface area contributed by atoms with E-state index >= 15 is 0 Å². The number of hydrogen-bond acceptors (Lipinski definition) is 4. The van der Waals surface area contributed by atoms with Gasteiger partial charge in [0, 0.05) is 26.4 Å². The minimum Gasteiger partial charge on any atom is -0.392 e. The minimum atomic E-state index is 0.0491. The molecule has 1 atom stereocenters. The van der Waals surface area contributed by atoms with Gasteiger partial charge in [-0.2, -0.15) is 0 Å². The summed E-state index contributed by atoms with van der Waals surface area (Å²) in [4.78, 5) is 6.49. The molecule has 0 spiro atoms. The van der Waals surface area contributed by atoms with E-state index in [0.29, 0.717) is 5.92 Å². The van der Waals surface area contributed by atoms with Crippen molar-refractivity contribution in [3.63, 3.8) is 0 Å². The third-order valence-electron chi connectivity index (χ3n) is 3.17. The number of nitrogens with zero attached hydrogens (tertiary/aromatic N) is 2. The highest BCUT2D eigenvalue weighted by atomic mass is 16.5. The van der Waals surface area contributed by atoms with E-state index in [2.05, 4.69) is 16.9 Å². The van der Waals surface area contributed by atoms with Crippen molar-refractivity contribution in [2.75, 3.05) is 31.7 Å². The van der Waals surface area contributed by atoms with E-state index in [9.17, 15) is 0 Å². The van der Waals surface area contributed by atoms with Crippen molar-refractivity contribution in [2.24, 2.45) is 5.92 Å². The summed E-state index contributed by atoms with van der Waals surface area (Å²) < 4.78 is 5.48. The Morgan fingerprint density at radius 1 is 1.53 bits per heavy atom. The molecule has 0 bridgehead atoms. The standard InChI is InChI=1S/C13H20N2O2/c1-15(8-12-3-2-6-17-10-12)13-5-4-11(9-16)7-14-13/h4-5,7,12,16H,2-3,6,8-10H2,1H3. The molecular weight excluding hydrogens is 216 g/mol. The van der Waals surface area contributed by atoms with Gasteiger partial charge in [-0.15, -0.1) is 0 Å². The molecule has 0 aromatic carbocycles. The lowest BCUT2D eigenvalue weighted by molar-refractivity contribution is 0.0576. The highest BCUT2D eigenvalue weighted by Crippen LogP contribution is 2.17. The van der Waals surface area contributed by atoms with Crippen LogP contribution >= 0.6 is 0 Å². The zero-order chi connectivity index (χ0) is 12.1. The molecule has 1 fully saturated rings. The largest absolute Gasteiger partial charge is 0.392 e. The summed E-state index contributed by atoms with van der Waals surface area (Å²) in [5.41, 5.74) is 0.850. The number of aliphatic hydroxyl groups is 1. The lowest BCUT2D eigenvalue weighted by atomic mass is 10.0. The van der Waals surface area contributed by atoms with Crippen molar-refractivity contribution < 1.29 is 9.84 Å². The summed E-state index contributed by atoms with van der Waals surface area (Å²) >= 11 is 0. The molecule has 2 rings (SSSR count). The number of aliphatic hydroxyl groups excluding tert-OH is 1. The van der Waals surface area contributed by atoms with Crippen LogP contribution in [0, 0.1) is 5.92 Å². The lowest BCUT2D eigenvalue weighted by Gasteiger charge is -2.27. The lowest BCUT2D eigenvalue weighted by Crippen LogP contribution is -2.31. The molecule has 1 unspecified atom stereocenters. The van der Waals surface area contributed by atoms with Gasteiger partial charge in [-0.25, -0.2) is 4.98 Å². The second-order valence-corrected chi connectivity index (χ2v) is 4.65. The van der Waals surface area contributed by atoms with Gasteiger partial charge in [-0.1, -0.05) is 6.07 Å². The van der Waals surface area contributed by atoms with Gasteiger partial charge in [0.05, 0.1) is 13.2 Å². The summed E-state index contributed by atoms with van der Waals surface area (Å²) in [6.45, 7) is 2.79. The van der Waals surface area contributed by atoms with Crippen LogP contribution in [0.1, 0.15) is 18.4 Å². The van der Waals surface area contributed by atoms with Crippen LogP contribution in [-0.4, -0.2) is 36.9 Å². The number of hydrogen-bond donors (Lipinski definition) is 1. The van der Waals surface area contributed by atoms with Gasteiger partial charge in [0.1, 0.15) is 5.82 Å². The monoisotopic (exact) mass is 236 g/mol. The molecule has 94 valence electrons. The number of aromatic nitrogens is 1. The molecule has 0 aliphatic carbocycles. The molecule has 4 heteroatoms. The summed E-state index contributed by atoms with van der Waals surface area (Å²) in [5, 5.41) is 8.96. The van der Waals surface area contributed by atoms with E-state index in [4.69, 9.17) is 9.84 Å². The van der Waals surface area contributed by atoms with Crippen LogP contribution in [0.3, 0.4) is 0 Å². The summed E-state index contributed by atoms with van der Waals surface area (Å²) in [6, 6.07) is 3.87. The van der Waals surface area contributed by atoms with E-state index in [-0.39, 0.29) is 6.61 Å². The molecule has 1 aliphatic heterocycles. The Morgan fingerprint density at radius 3 is 3.00 bits per heavy atom. The number of pyridine rings is 1. The molecule has 0 radical (unpaired) electrons. The van der Waals surface area contributed by atoms with Crippen molar-refractivity contribution in [1.29, 1.82) is 0 Å². The van der Waals surface area contributed by atoms with Crippen molar-refractivity contribution in [2.45, 2.75) is 19.4 Å². The fraction of sp³-hybridized carbons (Fsp3) is 0.615. The zero-order valence-electron chi connectivity index (χ0n) is 10.3. The smallest absolute Gasteiger partial charge is 0.128 e. The molecule has 1 aliphatic rings. The van der Waals surface area contributed by atoms with Crippen molar-refractivity contribution >= 4 is 5.82 Å². The molecule has 1 saturated heterocycles. The average molecular weight is 236 g/mol. The van der Waals surface area contributed by atoms with Crippen LogP contribution in [0.5, 0.6) is 0 Å². The first kappa shape index (κ1) is 12.3. The SMILES string of the molecule is CN(CC1CCCOC1)c1ccc(CO)cn1. The third-order valence-corrected chi connectivity index (χ3v) is 3.17. The Balaban J connectivity index is 1.91. The van der Waals surface area contributed by atoms with E-state index in [1.165, 1.54) is 6.42 Å². The molecule has 1 aromatic heterocycles. The molecule has 1 N–H and O–H groups in total. The fourth-order valence-electron chi connectivity index (χ4n) is 2.17. The van der Waals surface area contributed by atoms with Crippen LogP contribution < -0.4 is 4.90 Å². The van der Waals surface area contributed by atoms with Crippen LogP contribution in [0.2, 0.25) is 0 Å². The predicted octanol–water partition coefficient (Wildman–Crippen LogP) is 1.44. The molecule has 1 aromatic rings. The summed E-state index contributed by atoms with van der Waals surface area (Å²) in [5.74, 6) is 1.56. The second kappa shape index (κ2) is 5.98. The van der Waals surface area contributed by atoms with E-state index in [1.54, 1.807) is 6.20 Å². The summed E-state index contributed by atoms with van der Waals surface area (Å²) in [7, 11) is 2.05. The first-order chi connectivity index (χ1) is 8.29. The third kappa shape index (κ3) is 3.41. The molecule has 17 heavy (non-hydrogen) atoms. The quantitative estimate of drug-likeness (QED) is 0.859. The van der Waals surface area contributed by atoms with Gasteiger partial charge in [0.25, 0.3) is 0 Å². The van der Waals surface area contributed by atoms with Crippen molar-refractivity contribution in [3.05, 3.63) is 23.9 Å². The Bertz CT molecular complexity index is 334. The van der Waals surface area contributed by atoms with Gasteiger partial charge in [-0.05, 0) is 30.4 Å². The van der Waals surface area contributed by atoms with Gasteiger partial charge in [0.2, 0.25) is 0 Å². The van der Waals surface area contributed by atoms with Crippen molar-refractivity contribution in [3.8, 4) is 0 Å². The van der Waals surface area contributed by atoms with Crippen LogP contribution in [0.15, 0.2) is 18.3 Å². The molecule has 4 nitrogen and oxygen atoms in total. The molecule has 0 amide bonds. The van der Waals surface area contributed by atoms with Gasteiger partial charge in [0.15, 0.2) is 0 Å². The maximum atomic E-state index is 8.96. The fourth-order valence-corrected chi connectivity index (χ4v) is 2.17. The van der Waals surface area contributed by atoms with E-state index in [1.807, 2.05) is 12.1 Å². The Kier molecular flexibility index (Phi) is 4.34. The molecular formula is C13H20N2O2. The Labute approximate surface area is 102 Å². The maximum absolute atomic E-state index is 8.96. The molecule has 2 heterocycles. The first-order valence-electron chi connectivity index (χ1n) is 6.14. The van der Waals surface area contributed by atoms with Crippen molar-refractivity contribution in [1.82, 2.24) is 4.98 Å². The number of anilines is 1. The Hall–Kier alpha value is -1.13. The van der Waals surface area contributed by atoms with Gasteiger partial charge < -0.3 is 14.7 Å². The van der Waals surface area contributed by atoms with Gasteiger partial charge >= 0.3 is 0 Å². The second-order valence-electron chi connectivity index (χ2n) is 4.65. The van der Waals surface area contributed by atoms with E-state index < -0.39 is 0 Å². The topological polar surface area (TPSA) is 45.6 Å². The maximum Gasteiger partial charge on any atom is 0.128 e. The normalized spacial score (nSPS) is 20.2. The van der Waals surface area contributed by atoms with Gasteiger partial charge in [-0.3, -0.25) is 0 Å². The zero-order valence-corrected chi connectivity index (χ0v) is 10.3. The number of ether oxygens (including phenoxy) is 1. The average Bonchev–Trinajstić information content (AvgIpc) is 2.40. The first-order valence-corrected chi connectivity index (χ1v) is 6.14. The Morgan fingerprint density at radius 2 is 2.41 bits per heavy atom. The molecule has 0 saturated carbocycles. The highest BCUT2D eigenvalue weighted by molar-refractivity contribution is 5.38. The van der Waals surface area contributed by atoms with Crippen LogP contribution in [0.4, 0.5) is 5.82 Å². The van der Waals surface area contributed by atoms with Crippen LogP contribution in [-0.2, 0) is 11.3 Å². The van der Waals surface area contributed by atoms with E-state index in [0.717, 1.165) is 37.6 Å². The predicted molar refractivity (Wildman–Crippen MR) is 67.0 cm³/mol. The van der Waals surface area contributed by atoms with Crippen LogP contribution in [0.25, 0.3) is 0 Å². The summed E-state index contributed by atoms with van der Waals surface area (Å²) in [6.07, 6.45) is 4.12.